The molecule has 0 saturated heterocycles. The van der Waals surface area contributed by atoms with Gasteiger partial charge < -0.3 is 4.74 Å². The van der Waals surface area contributed by atoms with Crippen molar-refractivity contribution in [2.45, 2.75) is 19.8 Å². The van der Waals surface area contributed by atoms with Crippen LogP contribution in [0.15, 0.2) is 51.4 Å². The first-order valence-corrected chi connectivity index (χ1v) is 7.95. The van der Waals surface area contributed by atoms with Gasteiger partial charge in [0.2, 0.25) is 0 Å². The van der Waals surface area contributed by atoms with Crippen LogP contribution in [0.1, 0.15) is 29.3 Å². The number of carbonyl (C=O) groups excluding carboxylic acids is 1. The largest absolute Gasteiger partial charge is 0.421 e. The molecule has 0 aromatic heterocycles. The Morgan fingerprint density at radius 1 is 1.10 bits per heavy atom. The van der Waals surface area contributed by atoms with Crippen LogP contribution in [0.4, 0.5) is 0 Å². The van der Waals surface area contributed by atoms with E-state index in [0.717, 1.165) is 21.8 Å². The van der Waals surface area contributed by atoms with Gasteiger partial charge in [-0.25, -0.2) is 4.79 Å². The van der Waals surface area contributed by atoms with Crippen molar-refractivity contribution in [1.29, 1.82) is 0 Å². The number of halogens is 2. The highest BCUT2D eigenvalue weighted by molar-refractivity contribution is 9.11. The minimum atomic E-state index is -0.366. The van der Waals surface area contributed by atoms with Crippen molar-refractivity contribution in [2.24, 2.45) is 0 Å². The zero-order valence-corrected chi connectivity index (χ0v) is 14.2. The summed E-state index contributed by atoms with van der Waals surface area (Å²) >= 11 is 6.92. The smallest absolute Gasteiger partial charge is 0.343 e. The fraction of sp³-hybridized carbons (Fsp3) is 0.188. The van der Waals surface area contributed by atoms with Gasteiger partial charge in [0.25, 0.3) is 0 Å². The molecular weight excluding hydrogens is 384 g/mol. The Kier molecular flexibility index (Phi) is 5.38. The van der Waals surface area contributed by atoms with E-state index in [4.69, 9.17) is 4.74 Å². The molecule has 0 bridgehead atoms. The summed E-state index contributed by atoms with van der Waals surface area (Å²) in [6.07, 6.45) is 2.06. The number of benzene rings is 2. The lowest BCUT2D eigenvalue weighted by Crippen LogP contribution is -2.09. The Labute approximate surface area is 135 Å². The standard InChI is InChI=1S/C16H14Br2O2/c1-2-6-11-9-13(17)15(14(18)10-11)20-16(19)12-7-4-3-5-8-12/h3-5,7-10H,2,6H2,1H3. The minimum Gasteiger partial charge on any atom is -0.421 e. The molecule has 20 heavy (non-hydrogen) atoms. The zero-order valence-electron chi connectivity index (χ0n) is 11.0. The molecule has 104 valence electrons. The van der Waals surface area contributed by atoms with E-state index in [0.29, 0.717) is 11.3 Å². The van der Waals surface area contributed by atoms with Crippen LogP contribution in [-0.4, -0.2) is 5.97 Å². The maximum atomic E-state index is 12.1. The number of carbonyl (C=O) groups is 1. The zero-order chi connectivity index (χ0) is 14.5. The topological polar surface area (TPSA) is 26.3 Å². The average Bonchev–Trinajstić information content (AvgIpc) is 2.44. The first-order chi connectivity index (χ1) is 9.61. The van der Waals surface area contributed by atoms with Gasteiger partial charge in [0.1, 0.15) is 0 Å². The number of hydrogen-bond donors (Lipinski definition) is 0. The van der Waals surface area contributed by atoms with Crippen molar-refractivity contribution in [2.75, 3.05) is 0 Å². The van der Waals surface area contributed by atoms with Crippen LogP contribution in [0.5, 0.6) is 5.75 Å². The fourth-order valence-corrected chi connectivity index (χ4v) is 3.31. The quantitative estimate of drug-likeness (QED) is 0.511. The molecular formula is C16H14Br2O2. The molecule has 0 aliphatic heterocycles. The van der Waals surface area contributed by atoms with Gasteiger partial charge in [0.15, 0.2) is 5.75 Å². The lowest BCUT2D eigenvalue weighted by atomic mass is 10.1. The highest BCUT2D eigenvalue weighted by atomic mass is 79.9. The van der Waals surface area contributed by atoms with Gasteiger partial charge >= 0.3 is 5.97 Å². The predicted molar refractivity (Wildman–Crippen MR) is 87.2 cm³/mol. The molecule has 4 heteroatoms. The van der Waals surface area contributed by atoms with Crippen LogP contribution in [0.25, 0.3) is 0 Å². The highest BCUT2D eigenvalue weighted by Gasteiger charge is 2.14. The van der Waals surface area contributed by atoms with E-state index in [2.05, 4.69) is 38.8 Å². The number of hydrogen-bond acceptors (Lipinski definition) is 2. The molecule has 2 nitrogen and oxygen atoms in total. The highest BCUT2D eigenvalue weighted by Crippen LogP contribution is 2.35. The fourth-order valence-electron chi connectivity index (χ4n) is 1.87. The lowest BCUT2D eigenvalue weighted by molar-refractivity contribution is 0.0732. The summed E-state index contributed by atoms with van der Waals surface area (Å²) in [6, 6.07) is 12.9. The maximum Gasteiger partial charge on any atom is 0.343 e. The summed E-state index contributed by atoms with van der Waals surface area (Å²) in [5.41, 5.74) is 1.73. The van der Waals surface area contributed by atoms with Crippen LogP contribution < -0.4 is 4.74 Å². The van der Waals surface area contributed by atoms with Crippen LogP contribution in [0, 0.1) is 0 Å². The maximum absolute atomic E-state index is 12.1. The van der Waals surface area contributed by atoms with Gasteiger partial charge in [-0.15, -0.1) is 0 Å². The summed E-state index contributed by atoms with van der Waals surface area (Å²) in [5.74, 6) is 0.147. The molecule has 0 aliphatic carbocycles. The number of aryl methyl sites for hydroxylation is 1. The molecule has 0 saturated carbocycles. The van der Waals surface area contributed by atoms with E-state index in [-0.39, 0.29) is 5.97 Å². The Morgan fingerprint density at radius 2 is 1.70 bits per heavy atom. The first-order valence-electron chi connectivity index (χ1n) is 6.37. The lowest BCUT2D eigenvalue weighted by Gasteiger charge is -2.10. The summed E-state index contributed by atoms with van der Waals surface area (Å²) < 4.78 is 7.02. The molecule has 0 fully saturated rings. The van der Waals surface area contributed by atoms with Gasteiger partial charge in [-0.2, -0.15) is 0 Å². The normalized spacial score (nSPS) is 10.3. The van der Waals surface area contributed by atoms with Gasteiger partial charge in [-0.3, -0.25) is 0 Å². The Hall–Kier alpha value is -1.13. The average molecular weight is 398 g/mol. The second-order valence-corrected chi connectivity index (χ2v) is 6.10. The van der Waals surface area contributed by atoms with E-state index in [1.54, 1.807) is 12.1 Å². The minimum absolute atomic E-state index is 0.366. The van der Waals surface area contributed by atoms with Crippen molar-refractivity contribution < 1.29 is 9.53 Å². The number of esters is 1. The summed E-state index contributed by atoms with van der Waals surface area (Å²) in [5, 5.41) is 0. The van der Waals surface area contributed by atoms with Gasteiger partial charge in [0.05, 0.1) is 14.5 Å². The predicted octanol–water partition coefficient (Wildman–Crippen LogP) is 5.38. The number of ether oxygens (including phenoxy) is 1. The Morgan fingerprint density at radius 3 is 2.25 bits per heavy atom. The monoisotopic (exact) mass is 396 g/mol. The van der Waals surface area contributed by atoms with Crippen molar-refractivity contribution >= 4 is 37.8 Å². The third-order valence-corrected chi connectivity index (χ3v) is 3.98. The van der Waals surface area contributed by atoms with Crippen LogP contribution >= 0.6 is 31.9 Å². The second kappa shape index (κ2) is 7.04. The molecule has 0 heterocycles. The van der Waals surface area contributed by atoms with E-state index >= 15 is 0 Å². The number of rotatable bonds is 4. The molecule has 2 aromatic rings. The molecule has 0 atom stereocenters. The molecule has 0 amide bonds. The molecule has 0 N–H and O–H groups in total. The third kappa shape index (κ3) is 3.70. The summed E-state index contributed by atoms with van der Waals surface area (Å²) in [6.45, 7) is 2.13. The summed E-state index contributed by atoms with van der Waals surface area (Å²) in [4.78, 5) is 12.1. The molecule has 0 spiro atoms. The SMILES string of the molecule is CCCc1cc(Br)c(OC(=O)c2ccccc2)c(Br)c1. The van der Waals surface area contributed by atoms with Crippen LogP contribution in [-0.2, 0) is 6.42 Å². The van der Waals surface area contributed by atoms with Gasteiger partial charge in [-0.1, -0.05) is 31.5 Å². The van der Waals surface area contributed by atoms with E-state index in [1.807, 2.05) is 30.3 Å². The van der Waals surface area contributed by atoms with Crippen LogP contribution in [0.2, 0.25) is 0 Å². The molecule has 0 unspecified atom stereocenters. The second-order valence-electron chi connectivity index (χ2n) is 4.39. The Bertz CT molecular complexity index is 586. The van der Waals surface area contributed by atoms with Crippen molar-refractivity contribution in [3.63, 3.8) is 0 Å². The Balaban J connectivity index is 2.24. The molecule has 2 rings (SSSR count). The van der Waals surface area contributed by atoms with E-state index < -0.39 is 0 Å². The van der Waals surface area contributed by atoms with Crippen molar-refractivity contribution in [1.82, 2.24) is 0 Å². The van der Waals surface area contributed by atoms with Gasteiger partial charge in [0, 0.05) is 0 Å². The molecule has 2 aromatic carbocycles. The van der Waals surface area contributed by atoms with Crippen LogP contribution in [0.3, 0.4) is 0 Å². The molecule has 0 radical (unpaired) electrons. The van der Waals surface area contributed by atoms with Crippen molar-refractivity contribution in [3.05, 3.63) is 62.5 Å². The van der Waals surface area contributed by atoms with Gasteiger partial charge in [-0.05, 0) is 68.1 Å². The molecule has 0 aliphatic rings. The van der Waals surface area contributed by atoms with Crippen molar-refractivity contribution in [3.8, 4) is 5.75 Å². The third-order valence-electron chi connectivity index (χ3n) is 2.80. The first kappa shape index (κ1) is 15.3. The summed E-state index contributed by atoms with van der Waals surface area (Å²) in [7, 11) is 0. The van der Waals surface area contributed by atoms with E-state index in [1.165, 1.54) is 5.56 Å². The van der Waals surface area contributed by atoms with E-state index in [9.17, 15) is 4.79 Å².